The van der Waals surface area contributed by atoms with Gasteiger partial charge in [-0.25, -0.2) is 13.1 Å². The van der Waals surface area contributed by atoms with E-state index in [0.29, 0.717) is 38.5 Å². The Morgan fingerprint density at radius 2 is 1.67 bits per heavy atom. The number of halogens is 3. The lowest BCUT2D eigenvalue weighted by atomic mass is 10.0. The smallest absolute Gasteiger partial charge is 0.241 e. The zero-order valence-corrected chi connectivity index (χ0v) is 21.1. The van der Waals surface area contributed by atoms with Crippen molar-refractivity contribution in [1.29, 1.82) is 0 Å². The summed E-state index contributed by atoms with van der Waals surface area (Å²) in [6.45, 7) is 3.73. The van der Waals surface area contributed by atoms with E-state index in [-0.39, 0.29) is 17.5 Å². The molecule has 4 rings (SSSR count). The van der Waals surface area contributed by atoms with E-state index < -0.39 is 10.0 Å². The zero-order valence-electron chi connectivity index (χ0n) is 18.0. The molecule has 33 heavy (non-hydrogen) atoms. The molecule has 1 aliphatic heterocycles. The Hall–Kier alpha value is -2.09. The minimum atomic E-state index is -3.69. The Kier molecular flexibility index (Phi) is 7.03. The first kappa shape index (κ1) is 24.0. The molecule has 0 fully saturated rings. The van der Waals surface area contributed by atoms with Crippen LogP contribution in [0.15, 0.2) is 70.7 Å². The van der Waals surface area contributed by atoms with Crippen LogP contribution in [0.2, 0.25) is 15.1 Å². The van der Waals surface area contributed by atoms with Gasteiger partial charge in [0.15, 0.2) is 0 Å². The highest BCUT2D eigenvalue weighted by molar-refractivity contribution is 7.89. The van der Waals surface area contributed by atoms with Crippen LogP contribution >= 0.6 is 34.8 Å². The molecule has 5 nitrogen and oxygen atoms in total. The number of hydrogen-bond donors (Lipinski definition) is 1. The summed E-state index contributed by atoms with van der Waals surface area (Å²) in [5, 5.41) is 8.16. The number of hydrazone groups is 1. The van der Waals surface area contributed by atoms with Crippen LogP contribution in [0.1, 0.15) is 29.2 Å². The first-order chi connectivity index (χ1) is 15.6. The predicted octanol–water partition coefficient (Wildman–Crippen LogP) is 6.55. The van der Waals surface area contributed by atoms with Crippen molar-refractivity contribution >= 4 is 56.2 Å². The number of sulfonamides is 1. The monoisotopic (exact) mass is 521 g/mol. The van der Waals surface area contributed by atoms with Crippen LogP contribution in [0, 0.1) is 13.8 Å². The molecule has 0 bridgehead atoms. The molecule has 1 heterocycles. The van der Waals surface area contributed by atoms with Crippen LogP contribution in [0.4, 0.5) is 5.69 Å². The van der Waals surface area contributed by atoms with Crippen LogP contribution in [-0.2, 0) is 10.0 Å². The Labute approximate surface area is 209 Å². The molecule has 1 atom stereocenters. The lowest BCUT2D eigenvalue weighted by molar-refractivity contribution is 0.585. The molecule has 0 spiro atoms. The van der Waals surface area contributed by atoms with Crippen molar-refractivity contribution in [1.82, 2.24) is 4.72 Å². The van der Waals surface area contributed by atoms with Gasteiger partial charge in [-0.3, -0.25) is 5.01 Å². The molecular formula is C24H22Cl3N3O2S. The number of aryl methyl sites for hydroxylation is 2. The van der Waals surface area contributed by atoms with E-state index in [1.807, 2.05) is 42.3 Å². The van der Waals surface area contributed by atoms with Crippen LogP contribution in [0.3, 0.4) is 0 Å². The summed E-state index contributed by atoms with van der Waals surface area (Å²) >= 11 is 18.6. The summed E-state index contributed by atoms with van der Waals surface area (Å²) in [4.78, 5) is 0.271. The molecule has 0 saturated heterocycles. The maximum Gasteiger partial charge on any atom is 0.241 e. The van der Waals surface area contributed by atoms with Crippen molar-refractivity contribution in [2.45, 2.75) is 31.2 Å². The van der Waals surface area contributed by atoms with Crippen LogP contribution in [-0.4, -0.2) is 20.7 Å². The van der Waals surface area contributed by atoms with Crippen molar-refractivity contribution < 1.29 is 8.42 Å². The van der Waals surface area contributed by atoms with E-state index in [2.05, 4.69) is 4.72 Å². The molecular weight excluding hydrogens is 501 g/mol. The van der Waals surface area contributed by atoms with Gasteiger partial charge in [0, 0.05) is 16.5 Å². The van der Waals surface area contributed by atoms with Gasteiger partial charge in [0.1, 0.15) is 0 Å². The summed E-state index contributed by atoms with van der Waals surface area (Å²) in [6.07, 6.45) is 0.524. The second-order valence-electron chi connectivity index (χ2n) is 7.97. The fourth-order valence-electron chi connectivity index (χ4n) is 3.77. The molecule has 0 amide bonds. The number of rotatable bonds is 6. The van der Waals surface area contributed by atoms with Crippen molar-refractivity contribution in [3.05, 3.63) is 92.4 Å². The average molecular weight is 523 g/mol. The number of nitrogens with one attached hydrogen (secondary N) is 1. The Morgan fingerprint density at radius 1 is 0.970 bits per heavy atom. The van der Waals surface area contributed by atoms with Gasteiger partial charge in [-0.1, -0.05) is 59.1 Å². The van der Waals surface area contributed by atoms with Crippen molar-refractivity contribution in [2.24, 2.45) is 5.10 Å². The minimum absolute atomic E-state index is 0.0848. The number of hydrogen-bond acceptors (Lipinski definition) is 4. The van der Waals surface area contributed by atoms with Gasteiger partial charge in [-0.15, -0.1) is 0 Å². The lowest BCUT2D eigenvalue weighted by Gasteiger charge is -2.25. The van der Waals surface area contributed by atoms with Crippen molar-refractivity contribution in [3.8, 4) is 0 Å². The molecule has 9 heteroatoms. The fourth-order valence-corrected chi connectivity index (χ4v) is 5.73. The Bertz CT molecular complexity index is 1330. The molecule has 1 N–H and O–H groups in total. The maximum absolute atomic E-state index is 13.0. The fraction of sp³-hybridized carbons (Fsp3) is 0.208. The number of anilines is 1. The van der Waals surface area contributed by atoms with Crippen LogP contribution in [0.5, 0.6) is 0 Å². The largest absolute Gasteiger partial charge is 0.256 e. The third-order valence-electron chi connectivity index (χ3n) is 5.48. The second-order valence-corrected chi connectivity index (χ2v) is 11.0. The van der Waals surface area contributed by atoms with Gasteiger partial charge in [-0.05, 0) is 66.9 Å². The van der Waals surface area contributed by atoms with Crippen LogP contribution in [0.25, 0.3) is 0 Å². The van der Waals surface area contributed by atoms with E-state index in [4.69, 9.17) is 39.9 Å². The van der Waals surface area contributed by atoms with Gasteiger partial charge in [0.2, 0.25) is 10.0 Å². The lowest BCUT2D eigenvalue weighted by Crippen LogP contribution is -2.29. The minimum Gasteiger partial charge on any atom is -0.256 e. The molecule has 0 saturated carbocycles. The zero-order chi connectivity index (χ0) is 23.8. The summed E-state index contributed by atoms with van der Waals surface area (Å²) in [5.74, 6) is 0. The summed E-state index contributed by atoms with van der Waals surface area (Å²) < 4.78 is 28.6. The highest BCUT2D eigenvalue weighted by Crippen LogP contribution is 2.39. The van der Waals surface area contributed by atoms with E-state index in [1.165, 1.54) is 0 Å². The third kappa shape index (κ3) is 5.36. The predicted molar refractivity (Wildman–Crippen MR) is 136 cm³/mol. The first-order valence-corrected chi connectivity index (χ1v) is 12.9. The Morgan fingerprint density at radius 3 is 2.36 bits per heavy atom. The molecule has 172 valence electrons. The number of nitrogens with zero attached hydrogens (tertiary/aromatic N) is 2. The third-order valence-corrected chi connectivity index (χ3v) is 7.82. The van der Waals surface area contributed by atoms with Gasteiger partial charge < -0.3 is 0 Å². The SMILES string of the molecule is Cc1ccc(C)c(S(=O)(=O)NCC2=NN(c3ccc(Cl)cc3Cl)C(c3ccc(Cl)cc3)C2)c1. The maximum atomic E-state index is 13.0. The first-order valence-electron chi connectivity index (χ1n) is 10.3. The van der Waals surface area contributed by atoms with Crippen LogP contribution < -0.4 is 9.73 Å². The van der Waals surface area contributed by atoms with Crippen molar-refractivity contribution in [2.75, 3.05) is 11.6 Å². The van der Waals surface area contributed by atoms with Gasteiger partial charge in [0.05, 0.1) is 33.9 Å². The summed E-state index contributed by atoms with van der Waals surface area (Å²) in [5.41, 5.74) is 3.94. The molecule has 0 radical (unpaired) electrons. The highest BCUT2D eigenvalue weighted by Gasteiger charge is 2.31. The summed E-state index contributed by atoms with van der Waals surface area (Å²) in [6, 6.07) is 17.9. The van der Waals surface area contributed by atoms with Gasteiger partial charge in [0.25, 0.3) is 0 Å². The topological polar surface area (TPSA) is 61.8 Å². The second kappa shape index (κ2) is 9.65. The standard InChI is InChI=1S/C24H22Cl3N3O2S/c1-15-3-4-16(2)24(11-15)33(31,32)28-14-20-13-23(17-5-7-18(25)8-6-17)30(29-20)22-10-9-19(26)12-21(22)27/h3-12,23,28H,13-14H2,1-2H3. The number of benzene rings is 3. The quantitative estimate of drug-likeness (QED) is 0.399. The summed E-state index contributed by atoms with van der Waals surface area (Å²) in [7, 11) is -3.69. The van der Waals surface area contributed by atoms with E-state index in [0.717, 1.165) is 11.1 Å². The van der Waals surface area contributed by atoms with Gasteiger partial charge >= 0.3 is 0 Å². The molecule has 0 aliphatic carbocycles. The average Bonchev–Trinajstić information content (AvgIpc) is 3.18. The van der Waals surface area contributed by atoms with E-state index >= 15 is 0 Å². The van der Waals surface area contributed by atoms with E-state index in [9.17, 15) is 8.42 Å². The molecule has 3 aromatic carbocycles. The molecule has 1 aliphatic rings. The van der Waals surface area contributed by atoms with Gasteiger partial charge in [-0.2, -0.15) is 5.10 Å². The molecule has 3 aromatic rings. The van der Waals surface area contributed by atoms with E-state index in [1.54, 1.807) is 37.3 Å². The van der Waals surface area contributed by atoms with Crippen molar-refractivity contribution in [3.63, 3.8) is 0 Å². The normalized spacial score (nSPS) is 16.2. The molecule has 0 aromatic heterocycles. The molecule has 1 unspecified atom stereocenters. The Balaban J connectivity index is 1.63. The highest BCUT2D eigenvalue weighted by atomic mass is 35.5.